The molecule has 112 valence electrons. The molecular formula is C16H25NO3. The zero-order chi connectivity index (χ0) is 15.3. The molecule has 0 aliphatic rings. The van der Waals surface area contributed by atoms with Crippen molar-refractivity contribution in [3.8, 4) is 11.5 Å². The van der Waals surface area contributed by atoms with Gasteiger partial charge in [-0.05, 0) is 45.4 Å². The summed E-state index contributed by atoms with van der Waals surface area (Å²) < 4.78 is 10.5. The number of carbonyl (C=O) groups is 1. The molecule has 0 aliphatic carbocycles. The fraction of sp³-hybridized carbons (Fsp3) is 0.562. The van der Waals surface area contributed by atoms with E-state index in [1.807, 2.05) is 50.8 Å². The number of benzene rings is 1. The predicted molar refractivity (Wildman–Crippen MR) is 80.4 cm³/mol. The van der Waals surface area contributed by atoms with Crippen LogP contribution in [-0.4, -0.2) is 37.1 Å². The number of hydrogen-bond donors (Lipinski definition) is 0. The van der Waals surface area contributed by atoms with Crippen LogP contribution < -0.4 is 9.47 Å². The van der Waals surface area contributed by atoms with Crippen molar-refractivity contribution in [2.75, 3.05) is 14.2 Å². The molecule has 20 heavy (non-hydrogen) atoms. The molecule has 0 N–H and O–H groups in total. The van der Waals surface area contributed by atoms with Gasteiger partial charge in [-0.25, -0.2) is 0 Å². The first-order chi connectivity index (χ1) is 9.40. The highest BCUT2D eigenvalue weighted by Gasteiger charge is 2.20. The van der Waals surface area contributed by atoms with Crippen LogP contribution in [0.1, 0.15) is 33.3 Å². The molecule has 1 aromatic rings. The molecule has 0 bridgehead atoms. The second-order valence-electron chi connectivity index (χ2n) is 5.35. The van der Waals surface area contributed by atoms with Crippen molar-refractivity contribution in [1.29, 1.82) is 0 Å². The molecule has 0 aromatic heterocycles. The SMILES string of the molecule is COc1ccc(CC(=O)N(C(C)C)C(C)C)cc1OC. The highest BCUT2D eigenvalue weighted by molar-refractivity contribution is 5.79. The Bertz CT molecular complexity index is 447. The molecule has 1 amide bonds. The summed E-state index contributed by atoms with van der Waals surface area (Å²) in [5, 5.41) is 0. The van der Waals surface area contributed by atoms with Crippen molar-refractivity contribution in [2.24, 2.45) is 0 Å². The van der Waals surface area contributed by atoms with Crippen LogP contribution in [0.4, 0.5) is 0 Å². The molecular weight excluding hydrogens is 254 g/mol. The standard InChI is InChI=1S/C16H25NO3/c1-11(2)17(12(3)4)16(18)10-13-7-8-14(19-5)15(9-13)20-6/h7-9,11-12H,10H2,1-6H3. The number of nitrogens with zero attached hydrogens (tertiary/aromatic N) is 1. The molecule has 0 saturated carbocycles. The van der Waals surface area contributed by atoms with Crippen molar-refractivity contribution in [3.63, 3.8) is 0 Å². The summed E-state index contributed by atoms with van der Waals surface area (Å²) in [6.07, 6.45) is 0.372. The third-order valence-corrected chi connectivity index (χ3v) is 3.20. The largest absolute Gasteiger partial charge is 0.493 e. The normalized spacial score (nSPS) is 10.8. The molecule has 0 radical (unpaired) electrons. The van der Waals surface area contributed by atoms with Crippen LogP contribution in [-0.2, 0) is 11.2 Å². The molecule has 4 heteroatoms. The lowest BCUT2D eigenvalue weighted by atomic mass is 10.1. The van der Waals surface area contributed by atoms with E-state index in [1.165, 1.54) is 0 Å². The van der Waals surface area contributed by atoms with Gasteiger partial charge in [-0.1, -0.05) is 6.07 Å². The van der Waals surface area contributed by atoms with E-state index in [0.717, 1.165) is 5.56 Å². The molecule has 0 aliphatic heterocycles. The first-order valence-corrected chi connectivity index (χ1v) is 6.92. The Morgan fingerprint density at radius 3 is 2.05 bits per heavy atom. The van der Waals surface area contributed by atoms with E-state index in [0.29, 0.717) is 17.9 Å². The van der Waals surface area contributed by atoms with E-state index in [2.05, 4.69) is 0 Å². The lowest BCUT2D eigenvalue weighted by molar-refractivity contribution is -0.134. The van der Waals surface area contributed by atoms with Gasteiger partial charge in [-0.2, -0.15) is 0 Å². The number of rotatable bonds is 6. The predicted octanol–water partition coefficient (Wildman–Crippen LogP) is 2.89. The molecule has 0 unspecified atom stereocenters. The molecule has 0 fully saturated rings. The van der Waals surface area contributed by atoms with Crippen LogP contribution in [0.3, 0.4) is 0 Å². The molecule has 0 spiro atoms. The van der Waals surface area contributed by atoms with Crippen molar-refractivity contribution >= 4 is 5.91 Å². The average Bonchev–Trinajstić information content (AvgIpc) is 2.37. The summed E-state index contributed by atoms with van der Waals surface area (Å²) in [5.74, 6) is 1.45. The minimum absolute atomic E-state index is 0.127. The van der Waals surface area contributed by atoms with Gasteiger partial charge in [0.15, 0.2) is 11.5 Å². The van der Waals surface area contributed by atoms with Gasteiger partial charge in [0, 0.05) is 12.1 Å². The van der Waals surface area contributed by atoms with E-state index < -0.39 is 0 Å². The maximum Gasteiger partial charge on any atom is 0.227 e. The van der Waals surface area contributed by atoms with Crippen molar-refractivity contribution < 1.29 is 14.3 Å². The summed E-state index contributed by atoms with van der Waals surface area (Å²) in [5.41, 5.74) is 0.930. The highest BCUT2D eigenvalue weighted by Crippen LogP contribution is 2.28. The highest BCUT2D eigenvalue weighted by atomic mass is 16.5. The van der Waals surface area contributed by atoms with Gasteiger partial charge in [0.05, 0.1) is 20.6 Å². The lowest BCUT2D eigenvalue weighted by Crippen LogP contribution is -2.42. The van der Waals surface area contributed by atoms with Crippen LogP contribution in [0.25, 0.3) is 0 Å². The third-order valence-electron chi connectivity index (χ3n) is 3.20. The Balaban J connectivity index is 2.90. The summed E-state index contributed by atoms with van der Waals surface area (Å²) in [6, 6.07) is 5.98. The Morgan fingerprint density at radius 2 is 1.60 bits per heavy atom. The van der Waals surface area contributed by atoms with Crippen LogP contribution in [0.5, 0.6) is 11.5 Å². The van der Waals surface area contributed by atoms with Crippen molar-refractivity contribution in [3.05, 3.63) is 23.8 Å². The molecule has 0 heterocycles. The first kappa shape index (κ1) is 16.3. The Hall–Kier alpha value is -1.71. The minimum atomic E-state index is 0.127. The van der Waals surface area contributed by atoms with E-state index >= 15 is 0 Å². The summed E-state index contributed by atoms with van der Waals surface area (Å²) >= 11 is 0. The van der Waals surface area contributed by atoms with Crippen molar-refractivity contribution in [1.82, 2.24) is 4.90 Å². The summed E-state index contributed by atoms with van der Waals surface area (Å²) in [6.45, 7) is 8.14. The van der Waals surface area contributed by atoms with Gasteiger partial charge in [0.1, 0.15) is 0 Å². The van der Waals surface area contributed by atoms with E-state index in [9.17, 15) is 4.79 Å². The zero-order valence-electron chi connectivity index (χ0n) is 13.3. The smallest absolute Gasteiger partial charge is 0.227 e. The molecule has 4 nitrogen and oxygen atoms in total. The Morgan fingerprint density at radius 1 is 1.05 bits per heavy atom. The van der Waals surface area contributed by atoms with Crippen LogP contribution in [0.2, 0.25) is 0 Å². The van der Waals surface area contributed by atoms with Gasteiger partial charge in [0.2, 0.25) is 5.91 Å². The third kappa shape index (κ3) is 3.89. The number of hydrogen-bond acceptors (Lipinski definition) is 3. The van der Waals surface area contributed by atoms with Crippen LogP contribution >= 0.6 is 0 Å². The van der Waals surface area contributed by atoms with Crippen LogP contribution in [0, 0.1) is 0 Å². The fourth-order valence-corrected chi connectivity index (χ4v) is 2.43. The topological polar surface area (TPSA) is 38.8 Å². The maximum absolute atomic E-state index is 12.4. The number of carbonyl (C=O) groups excluding carboxylic acids is 1. The van der Waals surface area contributed by atoms with Gasteiger partial charge in [-0.15, -0.1) is 0 Å². The monoisotopic (exact) mass is 279 g/mol. The van der Waals surface area contributed by atoms with Gasteiger partial charge in [-0.3, -0.25) is 4.79 Å². The van der Waals surface area contributed by atoms with E-state index in [4.69, 9.17) is 9.47 Å². The van der Waals surface area contributed by atoms with Gasteiger partial charge >= 0.3 is 0 Å². The van der Waals surface area contributed by atoms with Crippen LogP contribution in [0.15, 0.2) is 18.2 Å². The summed E-state index contributed by atoms with van der Waals surface area (Å²) in [4.78, 5) is 14.3. The number of amides is 1. The second-order valence-corrected chi connectivity index (χ2v) is 5.35. The zero-order valence-corrected chi connectivity index (χ0v) is 13.3. The van der Waals surface area contributed by atoms with Crippen molar-refractivity contribution in [2.45, 2.75) is 46.2 Å². The second kappa shape index (κ2) is 7.17. The Kier molecular flexibility index (Phi) is 5.86. The molecule has 1 rings (SSSR count). The van der Waals surface area contributed by atoms with Gasteiger partial charge < -0.3 is 14.4 Å². The molecule has 1 aromatic carbocycles. The minimum Gasteiger partial charge on any atom is -0.493 e. The quantitative estimate of drug-likeness (QED) is 0.803. The lowest BCUT2D eigenvalue weighted by Gasteiger charge is -2.31. The molecule has 0 saturated heterocycles. The summed E-state index contributed by atoms with van der Waals surface area (Å²) in [7, 11) is 3.19. The number of methoxy groups -OCH3 is 2. The number of ether oxygens (including phenoxy) is 2. The van der Waals surface area contributed by atoms with E-state index in [1.54, 1.807) is 14.2 Å². The first-order valence-electron chi connectivity index (χ1n) is 6.92. The van der Waals surface area contributed by atoms with E-state index in [-0.39, 0.29) is 18.0 Å². The Labute approximate surface area is 121 Å². The maximum atomic E-state index is 12.4. The van der Waals surface area contributed by atoms with Gasteiger partial charge in [0.25, 0.3) is 0 Å². The molecule has 0 atom stereocenters. The fourth-order valence-electron chi connectivity index (χ4n) is 2.43. The average molecular weight is 279 g/mol.